The summed E-state index contributed by atoms with van der Waals surface area (Å²) in [5, 5.41) is 3.83. The minimum absolute atomic E-state index is 0.843. The van der Waals surface area contributed by atoms with Crippen molar-refractivity contribution in [3.05, 3.63) is 0 Å². The third-order valence-corrected chi connectivity index (χ3v) is 3.96. The number of rotatable bonds is 3. The first-order chi connectivity index (χ1) is 6.18. The number of hydrogen-bond acceptors (Lipinski definition) is 1. The molecule has 1 N–H and O–H groups in total. The molecule has 2 saturated carbocycles. The minimum Gasteiger partial charge on any atom is -0.311 e. The molecular weight excluding hydrogens is 158 g/mol. The van der Waals surface area contributed by atoms with Gasteiger partial charge in [-0.05, 0) is 37.0 Å². The van der Waals surface area contributed by atoms with Crippen molar-refractivity contribution in [3.8, 4) is 0 Å². The molecule has 0 aromatic carbocycles. The molecule has 0 aromatic rings. The van der Waals surface area contributed by atoms with Gasteiger partial charge in [-0.15, -0.1) is 0 Å². The lowest BCUT2D eigenvalue weighted by Crippen LogP contribution is -2.36. The van der Waals surface area contributed by atoms with Crippen LogP contribution in [0.4, 0.5) is 0 Å². The monoisotopic (exact) mass is 181 g/mol. The maximum Gasteiger partial charge on any atom is 0.0100 e. The van der Waals surface area contributed by atoms with E-state index in [2.05, 4.69) is 26.1 Å². The average molecular weight is 181 g/mol. The molecule has 0 aliphatic heterocycles. The van der Waals surface area contributed by atoms with Crippen molar-refractivity contribution in [3.63, 3.8) is 0 Å². The second-order valence-electron chi connectivity index (χ2n) is 5.43. The zero-order valence-corrected chi connectivity index (χ0v) is 9.22. The van der Waals surface area contributed by atoms with E-state index in [1.54, 1.807) is 0 Å². The van der Waals surface area contributed by atoms with Crippen molar-refractivity contribution >= 4 is 0 Å². The van der Waals surface area contributed by atoms with E-state index in [-0.39, 0.29) is 0 Å². The Balaban J connectivity index is 1.83. The Labute approximate surface area is 82.3 Å². The van der Waals surface area contributed by atoms with E-state index in [9.17, 15) is 0 Å². The van der Waals surface area contributed by atoms with E-state index in [4.69, 9.17) is 0 Å². The van der Waals surface area contributed by atoms with Crippen molar-refractivity contribution in [1.29, 1.82) is 0 Å². The van der Waals surface area contributed by atoms with Gasteiger partial charge >= 0.3 is 0 Å². The second kappa shape index (κ2) is 3.61. The van der Waals surface area contributed by atoms with Gasteiger partial charge in [0.15, 0.2) is 0 Å². The molecule has 0 bridgehead atoms. The summed E-state index contributed by atoms with van der Waals surface area (Å²) in [7, 11) is 0. The summed E-state index contributed by atoms with van der Waals surface area (Å²) in [6.07, 6.45) is 5.74. The molecule has 2 aliphatic carbocycles. The Morgan fingerprint density at radius 1 is 1.15 bits per heavy atom. The van der Waals surface area contributed by atoms with Gasteiger partial charge in [0.1, 0.15) is 0 Å². The lowest BCUT2D eigenvalue weighted by Gasteiger charge is -2.24. The highest BCUT2D eigenvalue weighted by molar-refractivity contribution is 4.95. The first kappa shape index (κ1) is 9.51. The predicted octanol–water partition coefficient (Wildman–Crippen LogP) is 2.81. The molecule has 0 aromatic heterocycles. The van der Waals surface area contributed by atoms with Crippen molar-refractivity contribution in [2.45, 2.75) is 58.5 Å². The zero-order valence-electron chi connectivity index (χ0n) is 9.22. The van der Waals surface area contributed by atoms with Crippen LogP contribution >= 0.6 is 0 Å². The van der Waals surface area contributed by atoms with Gasteiger partial charge in [-0.3, -0.25) is 0 Å². The molecule has 0 amide bonds. The quantitative estimate of drug-likeness (QED) is 0.706. The maximum atomic E-state index is 3.83. The van der Waals surface area contributed by atoms with Crippen LogP contribution in [-0.2, 0) is 0 Å². The van der Waals surface area contributed by atoms with Crippen LogP contribution in [0.1, 0.15) is 46.5 Å². The molecule has 2 rings (SSSR count). The number of hydrogen-bond donors (Lipinski definition) is 1. The summed E-state index contributed by atoms with van der Waals surface area (Å²) in [6, 6.07) is 1.71. The van der Waals surface area contributed by atoms with Crippen molar-refractivity contribution in [1.82, 2.24) is 5.32 Å². The van der Waals surface area contributed by atoms with Crippen LogP contribution < -0.4 is 5.32 Å². The van der Waals surface area contributed by atoms with Gasteiger partial charge in [0.25, 0.3) is 0 Å². The van der Waals surface area contributed by atoms with E-state index in [0.29, 0.717) is 0 Å². The van der Waals surface area contributed by atoms with Crippen LogP contribution in [0.25, 0.3) is 0 Å². The summed E-state index contributed by atoms with van der Waals surface area (Å²) < 4.78 is 0. The molecule has 1 nitrogen and oxygen atoms in total. The first-order valence-electron chi connectivity index (χ1n) is 5.94. The van der Waals surface area contributed by atoms with Gasteiger partial charge in [-0.25, -0.2) is 0 Å². The Bertz CT molecular complexity index is 176. The Morgan fingerprint density at radius 2 is 1.85 bits per heavy atom. The minimum atomic E-state index is 0.843. The fourth-order valence-electron chi connectivity index (χ4n) is 2.82. The molecular formula is C12H23N. The average Bonchev–Trinajstić information content (AvgIpc) is 2.62. The molecule has 1 heteroatoms. The lowest BCUT2D eigenvalue weighted by molar-refractivity contribution is 0.309. The van der Waals surface area contributed by atoms with Gasteiger partial charge in [-0.2, -0.15) is 0 Å². The highest BCUT2D eigenvalue weighted by Gasteiger charge is 2.38. The summed E-state index contributed by atoms with van der Waals surface area (Å²) in [5.74, 6) is 2.77. The third-order valence-electron chi connectivity index (χ3n) is 3.96. The van der Waals surface area contributed by atoms with E-state index < -0.39 is 0 Å². The van der Waals surface area contributed by atoms with E-state index in [1.165, 1.54) is 25.7 Å². The van der Waals surface area contributed by atoms with Crippen molar-refractivity contribution in [2.24, 2.45) is 17.8 Å². The maximum absolute atomic E-state index is 3.83. The van der Waals surface area contributed by atoms with Crippen LogP contribution in [0.15, 0.2) is 0 Å². The molecule has 13 heavy (non-hydrogen) atoms. The molecule has 2 fully saturated rings. The first-order valence-corrected chi connectivity index (χ1v) is 5.94. The topological polar surface area (TPSA) is 12.0 Å². The van der Waals surface area contributed by atoms with E-state index >= 15 is 0 Å². The smallest absolute Gasteiger partial charge is 0.0100 e. The summed E-state index contributed by atoms with van der Waals surface area (Å²) >= 11 is 0. The zero-order chi connectivity index (χ0) is 9.42. The highest BCUT2D eigenvalue weighted by Crippen LogP contribution is 2.36. The van der Waals surface area contributed by atoms with Crippen LogP contribution in [0.2, 0.25) is 0 Å². The predicted molar refractivity (Wildman–Crippen MR) is 56.7 cm³/mol. The van der Waals surface area contributed by atoms with Crippen molar-refractivity contribution < 1.29 is 0 Å². The van der Waals surface area contributed by atoms with Gasteiger partial charge in [0.2, 0.25) is 0 Å². The normalized spacial score (nSPS) is 44.3. The summed E-state index contributed by atoms with van der Waals surface area (Å²) in [4.78, 5) is 0. The fourth-order valence-corrected chi connectivity index (χ4v) is 2.82. The second-order valence-corrected chi connectivity index (χ2v) is 5.43. The molecule has 76 valence electrons. The molecule has 0 heterocycles. The molecule has 4 atom stereocenters. The molecule has 0 saturated heterocycles. The van der Waals surface area contributed by atoms with Crippen LogP contribution in [-0.4, -0.2) is 12.1 Å². The van der Waals surface area contributed by atoms with E-state index in [1.807, 2.05) is 0 Å². The fraction of sp³-hybridized carbons (Fsp3) is 1.00. The van der Waals surface area contributed by atoms with Gasteiger partial charge in [0.05, 0.1) is 0 Å². The van der Waals surface area contributed by atoms with Gasteiger partial charge in [0, 0.05) is 12.1 Å². The van der Waals surface area contributed by atoms with Gasteiger partial charge in [-0.1, -0.05) is 27.2 Å². The Hall–Kier alpha value is -0.0400. The van der Waals surface area contributed by atoms with Crippen LogP contribution in [0.3, 0.4) is 0 Å². The van der Waals surface area contributed by atoms with Crippen LogP contribution in [0, 0.1) is 17.8 Å². The molecule has 0 radical (unpaired) electrons. The Morgan fingerprint density at radius 3 is 2.38 bits per heavy atom. The lowest BCUT2D eigenvalue weighted by atomic mass is 9.91. The number of nitrogens with one attached hydrogen (secondary N) is 1. The largest absolute Gasteiger partial charge is 0.311 e. The molecule has 2 unspecified atom stereocenters. The summed E-state index contributed by atoms with van der Waals surface area (Å²) in [6.45, 7) is 7.11. The van der Waals surface area contributed by atoms with E-state index in [0.717, 1.165) is 29.8 Å². The third kappa shape index (κ3) is 2.07. The molecule has 2 aliphatic rings. The molecule has 0 spiro atoms. The summed E-state index contributed by atoms with van der Waals surface area (Å²) in [5.41, 5.74) is 0. The SMILES string of the molecule is CC(C)C1CCCC1N[C@@H]1C[C@H]1C. The van der Waals surface area contributed by atoms with Crippen LogP contribution in [0.5, 0.6) is 0 Å². The van der Waals surface area contributed by atoms with Gasteiger partial charge < -0.3 is 5.32 Å². The van der Waals surface area contributed by atoms with Crippen molar-refractivity contribution in [2.75, 3.05) is 0 Å². The highest BCUT2D eigenvalue weighted by atomic mass is 15.0. The standard InChI is InChI=1S/C12H23N/c1-8(2)10-5-4-6-11(10)13-12-7-9(12)3/h8-13H,4-7H2,1-3H3/t9-,10?,11?,12-/m1/s1. The Kier molecular flexibility index (Phi) is 2.64.